The van der Waals surface area contributed by atoms with Crippen molar-refractivity contribution < 1.29 is 0 Å². The van der Waals surface area contributed by atoms with E-state index < -0.39 is 0 Å². The minimum atomic E-state index is 0.782. The zero-order valence-corrected chi connectivity index (χ0v) is 12.1. The van der Waals surface area contributed by atoms with Gasteiger partial charge in [-0.05, 0) is 71.6 Å². The maximum Gasteiger partial charge on any atom is 0.0237 e. The molecule has 3 rings (SSSR count). The van der Waals surface area contributed by atoms with Crippen LogP contribution in [-0.4, -0.2) is 61.2 Å². The van der Waals surface area contributed by atoms with Gasteiger partial charge in [0.25, 0.3) is 0 Å². The third-order valence-corrected chi connectivity index (χ3v) is 5.62. The largest absolute Gasteiger partial charge is 0.314 e. The molecule has 1 N–H and O–H groups in total. The van der Waals surface area contributed by atoms with Crippen molar-refractivity contribution in [2.45, 2.75) is 57.2 Å². The molecule has 0 amide bonds. The smallest absolute Gasteiger partial charge is 0.0237 e. The average molecular weight is 251 g/mol. The number of nitrogens with one attached hydrogen (secondary N) is 1. The van der Waals surface area contributed by atoms with Crippen LogP contribution in [0.4, 0.5) is 0 Å². The Morgan fingerprint density at radius 2 is 1.89 bits per heavy atom. The fourth-order valence-electron chi connectivity index (χ4n) is 4.23. The van der Waals surface area contributed by atoms with Crippen LogP contribution in [0.25, 0.3) is 0 Å². The van der Waals surface area contributed by atoms with Gasteiger partial charge in [-0.1, -0.05) is 0 Å². The Labute approximate surface area is 112 Å². The summed E-state index contributed by atoms with van der Waals surface area (Å²) in [6.45, 7) is 7.60. The second kappa shape index (κ2) is 5.48. The van der Waals surface area contributed by atoms with Gasteiger partial charge in [0.15, 0.2) is 0 Å². The molecule has 0 aromatic rings. The van der Waals surface area contributed by atoms with Crippen LogP contribution in [0.5, 0.6) is 0 Å². The number of nitrogens with zero attached hydrogens (tertiary/aromatic N) is 2. The zero-order chi connectivity index (χ0) is 12.5. The quantitative estimate of drug-likeness (QED) is 0.803. The van der Waals surface area contributed by atoms with E-state index in [4.69, 9.17) is 0 Å². The molecule has 0 bridgehead atoms. The summed E-state index contributed by atoms with van der Waals surface area (Å²) in [7, 11) is 2.28. The molecule has 3 saturated heterocycles. The van der Waals surface area contributed by atoms with Gasteiger partial charge in [-0.15, -0.1) is 0 Å². The normalized spacial score (nSPS) is 40.7. The Kier molecular flexibility index (Phi) is 3.92. The van der Waals surface area contributed by atoms with Crippen LogP contribution < -0.4 is 5.32 Å². The highest BCUT2D eigenvalue weighted by molar-refractivity contribution is 4.91. The predicted molar refractivity (Wildman–Crippen MR) is 75.8 cm³/mol. The lowest BCUT2D eigenvalue weighted by atomic mass is 9.88. The maximum atomic E-state index is 3.70. The molecule has 3 unspecified atom stereocenters. The third-order valence-electron chi connectivity index (χ3n) is 5.62. The van der Waals surface area contributed by atoms with Crippen LogP contribution in [0.1, 0.15) is 39.0 Å². The molecule has 3 heteroatoms. The summed E-state index contributed by atoms with van der Waals surface area (Å²) in [4.78, 5) is 5.29. The lowest BCUT2D eigenvalue weighted by Gasteiger charge is -2.38. The highest BCUT2D eigenvalue weighted by Crippen LogP contribution is 2.29. The van der Waals surface area contributed by atoms with E-state index >= 15 is 0 Å². The fourth-order valence-corrected chi connectivity index (χ4v) is 4.23. The lowest BCUT2D eigenvalue weighted by Crippen LogP contribution is -2.45. The molecular weight excluding hydrogens is 222 g/mol. The van der Waals surface area contributed by atoms with Crippen molar-refractivity contribution in [3.8, 4) is 0 Å². The monoisotopic (exact) mass is 251 g/mol. The molecule has 104 valence electrons. The number of piperidine rings is 1. The number of hydrogen-bond acceptors (Lipinski definition) is 3. The standard InChI is InChI=1S/C15H29N3/c1-12-10-14(11-17(12)2)18-8-5-13(6-9-18)15-4-3-7-16-15/h12-16H,3-11H2,1-2H3. The summed E-state index contributed by atoms with van der Waals surface area (Å²) in [5, 5.41) is 3.70. The van der Waals surface area contributed by atoms with E-state index in [0.717, 1.165) is 24.0 Å². The molecule has 0 spiro atoms. The van der Waals surface area contributed by atoms with Gasteiger partial charge < -0.3 is 10.2 Å². The topological polar surface area (TPSA) is 18.5 Å². The van der Waals surface area contributed by atoms with Gasteiger partial charge in [0.1, 0.15) is 0 Å². The molecule has 3 aliphatic rings. The molecule has 3 atom stereocenters. The van der Waals surface area contributed by atoms with Crippen LogP contribution >= 0.6 is 0 Å². The van der Waals surface area contributed by atoms with Crippen LogP contribution in [-0.2, 0) is 0 Å². The number of hydrogen-bond donors (Lipinski definition) is 1. The molecule has 0 aromatic carbocycles. The first kappa shape index (κ1) is 12.9. The average Bonchev–Trinajstić information content (AvgIpc) is 3.01. The molecule has 3 fully saturated rings. The van der Waals surface area contributed by atoms with E-state index in [2.05, 4.69) is 29.1 Å². The van der Waals surface area contributed by atoms with Gasteiger partial charge in [-0.3, -0.25) is 4.90 Å². The van der Waals surface area contributed by atoms with Crippen molar-refractivity contribution >= 4 is 0 Å². The molecule has 3 nitrogen and oxygen atoms in total. The summed E-state index contributed by atoms with van der Waals surface area (Å²) in [6, 6.07) is 2.46. The first-order valence-electron chi connectivity index (χ1n) is 7.91. The Hall–Kier alpha value is -0.120. The van der Waals surface area contributed by atoms with E-state index in [-0.39, 0.29) is 0 Å². The van der Waals surface area contributed by atoms with Crippen molar-refractivity contribution in [3.05, 3.63) is 0 Å². The molecule has 0 aliphatic carbocycles. The van der Waals surface area contributed by atoms with Crippen LogP contribution in [0.2, 0.25) is 0 Å². The Morgan fingerprint density at radius 3 is 2.44 bits per heavy atom. The Balaban J connectivity index is 1.48. The van der Waals surface area contributed by atoms with E-state index in [1.807, 2.05) is 0 Å². The molecule has 3 heterocycles. The summed E-state index contributed by atoms with van der Waals surface area (Å²) in [5.41, 5.74) is 0. The van der Waals surface area contributed by atoms with Crippen molar-refractivity contribution in [2.75, 3.05) is 33.2 Å². The van der Waals surface area contributed by atoms with Crippen LogP contribution in [0, 0.1) is 5.92 Å². The second-order valence-corrected chi connectivity index (χ2v) is 6.75. The molecule has 0 aromatic heterocycles. The van der Waals surface area contributed by atoms with Gasteiger partial charge >= 0.3 is 0 Å². The second-order valence-electron chi connectivity index (χ2n) is 6.75. The Bertz CT molecular complexity index is 257. The minimum absolute atomic E-state index is 0.782. The number of likely N-dealkylation sites (tertiary alicyclic amines) is 2. The predicted octanol–water partition coefficient (Wildman–Crippen LogP) is 1.54. The van der Waals surface area contributed by atoms with E-state index in [0.29, 0.717) is 0 Å². The number of likely N-dealkylation sites (N-methyl/N-ethyl adjacent to an activating group) is 1. The maximum absolute atomic E-state index is 3.70. The lowest BCUT2D eigenvalue weighted by molar-refractivity contribution is 0.122. The van der Waals surface area contributed by atoms with Crippen molar-refractivity contribution in [1.29, 1.82) is 0 Å². The highest BCUT2D eigenvalue weighted by Gasteiger charge is 2.34. The Morgan fingerprint density at radius 1 is 1.11 bits per heavy atom. The zero-order valence-electron chi connectivity index (χ0n) is 12.1. The molecule has 0 saturated carbocycles. The first-order chi connectivity index (χ1) is 8.74. The summed E-state index contributed by atoms with van der Waals surface area (Å²) >= 11 is 0. The first-order valence-corrected chi connectivity index (χ1v) is 7.91. The summed E-state index contributed by atoms with van der Waals surface area (Å²) in [6.07, 6.45) is 7.05. The van der Waals surface area contributed by atoms with Crippen molar-refractivity contribution in [1.82, 2.24) is 15.1 Å². The molecule has 0 radical (unpaired) electrons. The molecule has 3 aliphatic heterocycles. The SMILES string of the molecule is CC1CC(N2CCC(C3CCCN3)CC2)CN1C. The van der Waals surface area contributed by atoms with Crippen LogP contribution in [0.15, 0.2) is 0 Å². The third kappa shape index (κ3) is 2.59. The highest BCUT2D eigenvalue weighted by atomic mass is 15.3. The number of rotatable bonds is 2. The van der Waals surface area contributed by atoms with E-state index in [1.54, 1.807) is 0 Å². The van der Waals surface area contributed by atoms with Gasteiger partial charge in [0, 0.05) is 24.7 Å². The van der Waals surface area contributed by atoms with Gasteiger partial charge in [0.05, 0.1) is 0 Å². The van der Waals surface area contributed by atoms with Crippen LogP contribution in [0.3, 0.4) is 0 Å². The molecule has 18 heavy (non-hydrogen) atoms. The minimum Gasteiger partial charge on any atom is -0.314 e. The fraction of sp³-hybridized carbons (Fsp3) is 1.00. The molecular formula is C15H29N3. The van der Waals surface area contributed by atoms with E-state index in [9.17, 15) is 0 Å². The van der Waals surface area contributed by atoms with Crippen molar-refractivity contribution in [2.24, 2.45) is 5.92 Å². The van der Waals surface area contributed by atoms with E-state index in [1.165, 1.54) is 58.3 Å². The van der Waals surface area contributed by atoms with Gasteiger partial charge in [0.2, 0.25) is 0 Å². The summed E-state index contributed by atoms with van der Waals surface area (Å²) < 4.78 is 0. The summed E-state index contributed by atoms with van der Waals surface area (Å²) in [5.74, 6) is 0.959. The van der Waals surface area contributed by atoms with Crippen molar-refractivity contribution in [3.63, 3.8) is 0 Å². The van der Waals surface area contributed by atoms with Gasteiger partial charge in [-0.2, -0.15) is 0 Å². The van der Waals surface area contributed by atoms with Gasteiger partial charge in [-0.25, -0.2) is 0 Å².